The number of fused-ring (bicyclic) bond motifs is 2. The highest BCUT2D eigenvalue weighted by molar-refractivity contribution is 6.31. The summed E-state index contributed by atoms with van der Waals surface area (Å²) in [5, 5.41) is 0.605. The number of carbonyl (C=O) groups excluding carboxylic acids is 1. The summed E-state index contributed by atoms with van der Waals surface area (Å²) >= 11 is 5.99. The molecule has 2 nitrogen and oxygen atoms in total. The largest absolute Gasteiger partial charge is 0.294 e. The standard InChI is InChI=1S/C15H12ClNO/c1-9-12-5-4-11(16)8-13(12)14(18)7-10-3-2-6-17-15(9)10/h2-6,8-9H,7H2,1H3. The van der Waals surface area contributed by atoms with Crippen molar-refractivity contribution in [3.63, 3.8) is 0 Å². The van der Waals surface area contributed by atoms with Gasteiger partial charge in [-0.2, -0.15) is 0 Å². The number of aromatic nitrogens is 1. The number of ketones is 1. The van der Waals surface area contributed by atoms with Crippen LogP contribution in [0.15, 0.2) is 36.5 Å². The Labute approximate surface area is 111 Å². The molecule has 0 amide bonds. The van der Waals surface area contributed by atoms with Gasteiger partial charge in [-0.3, -0.25) is 9.78 Å². The molecule has 0 radical (unpaired) electrons. The Morgan fingerprint density at radius 1 is 1.33 bits per heavy atom. The maximum Gasteiger partial charge on any atom is 0.167 e. The summed E-state index contributed by atoms with van der Waals surface area (Å²) in [5.41, 5.74) is 3.75. The highest BCUT2D eigenvalue weighted by Crippen LogP contribution is 2.33. The van der Waals surface area contributed by atoms with Crippen LogP contribution in [0.4, 0.5) is 0 Å². The van der Waals surface area contributed by atoms with E-state index in [9.17, 15) is 4.79 Å². The maximum absolute atomic E-state index is 12.3. The van der Waals surface area contributed by atoms with E-state index >= 15 is 0 Å². The third-order valence-corrected chi connectivity index (χ3v) is 3.70. The van der Waals surface area contributed by atoms with Gasteiger partial charge >= 0.3 is 0 Å². The van der Waals surface area contributed by atoms with Crippen LogP contribution in [-0.2, 0) is 6.42 Å². The first-order valence-corrected chi connectivity index (χ1v) is 6.31. The molecule has 0 saturated carbocycles. The Hall–Kier alpha value is -1.67. The smallest absolute Gasteiger partial charge is 0.167 e. The monoisotopic (exact) mass is 257 g/mol. The third-order valence-electron chi connectivity index (χ3n) is 3.47. The zero-order chi connectivity index (χ0) is 12.7. The summed E-state index contributed by atoms with van der Waals surface area (Å²) in [4.78, 5) is 16.7. The summed E-state index contributed by atoms with van der Waals surface area (Å²) in [6.45, 7) is 2.08. The number of hydrogen-bond donors (Lipinski definition) is 0. The van der Waals surface area contributed by atoms with E-state index in [1.807, 2.05) is 24.3 Å². The van der Waals surface area contributed by atoms with E-state index in [2.05, 4.69) is 11.9 Å². The summed E-state index contributed by atoms with van der Waals surface area (Å²) in [5.74, 6) is 0.242. The molecule has 0 bridgehead atoms. The molecular formula is C15H12ClNO. The molecule has 0 aliphatic heterocycles. The van der Waals surface area contributed by atoms with E-state index in [1.54, 1.807) is 12.3 Å². The van der Waals surface area contributed by atoms with E-state index in [0.717, 1.165) is 22.4 Å². The van der Waals surface area contributed by atoms with Gasteiger partial charge in [0.15, 0.2) is 5.78 Å². The summed E-state index contributed by atoms with van der Waals surface area (Å²) < 4.78 is 0. The first-order chi connectivity index (χ1) is 8.66. The second-order valence-electron chi connectivity index (χ2n) is 4.60. The lowest BCUT2D eigenvalue weighted by atomic mass is 9.93. The Morgan fingerprint density at radius 2 is 2.17 bits per heavy atom. The van der Waals surface area contributed by atoms with Gasteiger partial charge in [-0.15, -0.1) is 0 Å². The molecule has 1 aliphatic carbocycles. The van der Waals surface area contributed by atoms with Crippen LogP contribution in [-0.4, -0.2) is 10.8 Å². The summed E-state index contributed by atoms with van der Waals surface area (Å²) in [6.07, 6.45) is 2.18. The Bertz CT molecular complexity index is 636. The van der Waals surface area contributed by atoms with Crippen molar-refractivity contribution in [3.05, 3.63) is 63.9 Å². The predicted octanol–water partition coefficient (Wildman–Crippen LogP) is 3.63. The number of halogens is 1. The zero-order valence-electron chi connectivity index (χ0n) is 9.98. The average Bonchev–Trinajstić information content (AvgIpc) is 2.47. The molecule has 0 fully saturated rings. The van der Waals surface area contributed by atoms with Crippen molar-refractivity contribution in [1.82, 2.24) is 4.98 Å². The molecule has 3 rings (SSSR count). The number of benzene rings is 1. The van der Waals surface area contributed by atoms with Gasteiger partial charge in [0.2, 0.25) is 0 Å². The maximum atomic E-state index is 12.3. The predicted molar refractivity (Wildman–Crippen MR) is 71.2 cm³/mol. The molecule has 1 unspecified atom stereocenters. The van der Waals surface area contributed by atoms with Crippen LogP contribution >= 0.6 is 11.6 Å². The summed E-state index contributed by atoms with van der Waals surface area (Å²) in [6, 6.07) is 9.38. The highest BCUT2D eigenvalue weighted by Gasteiger charge is 2.25. The molecule has 1 aromatic carbocycles. The molecule has 1 heterocycles. The van der Waals surface area contributed by atoms with Gasteiger partial charge in [0.25, 0.3) is 0 Å². The first-order valence-electron chi connectivity index (χ1n) is 5.93. The fourth-order valence-corrected chi connectivity index (χ4v) is 2.73. The highest BCUT2D eigenvalue weighted by atomic mass is 35.5. The van der Waals surface area contributed by atoms with Crippen molar-refractivity contribution < 1.29 is 4.79 Å². The minimum atomic E-state index is 0.117. The molecule has 2 aromatic rings. The number of nitrogens with zero attached hydrogens (tertiary/aromatic N) is 1. The first kappa shape index (κ1) is 11.4. The van der Waals surface area contributed by atoms with Gasteiger partial charge in [-0.25, -0.2) is 0 Å². The lowest BCUT2D eigenvalue weighted by Gasteiger charge is -2.13. The van der Waals surface area contributed by atoms with Gasteiger partial charge in [0, 0.05) is 29.1 Å². The van der Waals surface area contributed by atoms with Gasteiger partial charge < -0.3 is 0 Å². The van der Waals surface area contributed by atoms with Crippen LogP contribution in [0, 0.1) is 0 Å². The van der Waals surface area contributed by atoms with Crippen LogP contribution in [0.5, 0.6) is 0 Å². The Morgan fingerprint density at radius 3 is 3.00 bits per heavy atom. The molecule has 1 atom stereocenters. The topological polar surface area (TPSA) is 30.0 Å². The number of rotatable bonds is 0. The van der Waals surface area contributed by atoms with Crippen molar-refractivity contribution in [1.29, 1.82) is 0 Å². The Balaban J connectivity index is 2.25. The fraction of sp³-hybridized carbons (Fsp3) is 0.200. The van der Waals surface area contributed by atoms with E-state index in [1.165, 1.54) is 0 Å². The zero-order valence-corrected chi connectivity index (χ0v) is 10.7. The Kier molecular flexibility index (Phi) is 2.67. The fourth-order valence-electron chi connectivity index (χ4n) is 2.55. The van der Waals surface area contributed by atoms with E-state index in [4.69, 9.17) is 11.6 Å². The molecule has 0 saturated heterocycles. The second-order valence-corrected chi connectivity index (χ2v) is 5.04. The lowest BCUT2D eigenvalue weighted by molar-refractivity contribution is 0.0993. The number of carbonyl (C=O) groups is 1. The van der Waals surface area contributed by atoms with E-state index in [-0.39, 0.29) is 11.7 Å². The molecular weight excluding hydrogens is 246 g/mol. The quantitative estimate of drug-likeness (QED) is 0.721. The number of hydrogen-bond acceptors (Lipinski definition) is 2. The molecule has 1 aliphatic rings. The summed E-state index contributed by atoms with van der Waals surface area (Å²) in [7, 11) is 0. The molecule has 18 heavy (non-hydrogen) atoms. The molecule has 1 aromatic heterocycles. The van der Waals surface area contributed by atoms with Crippen molar-refractivity contribution in [3.8, 4) is 0 Å². The van der Waals surface area contributed by atoms with Crippen molar-refractivity contribution in [2.75, 3.05) is 0 Å². The van der Waals surface area contributed by atoms with Crippen LogP contribution in [0.25, 0.3) is 0 Å². The van der Waals surface area contributed by atoms with Crippen LogP contribution in [0.1, 0.15) is 40.0 Å². The minimum Gasteiger partial charge on any atom is -0.294 e. The molecule has 90 valence electrons. The average molecular weight is 258 g/mol. The second kappa shape index (κ2) is 4.21. The van der Waals surface area contributed by atoms with Crippen LogP contribution in [0.2, 0.25) is 5.02 Å². The van der Waals surface area contributed by atoms with E-state index < -0.39 is 0 Å². The normalized spacial score (nSPS) is 17.9. The number of Topliss-reactive ketones (excluding diaryl/α,β-unsaturated/α-hetero) is 1. The van der Waals surface area contributed by atoms with Crippen LogP contribution < -0.4 is 0 Å². The van der Waals surface area contributed by atoms with Gasteiger partial charge in [-0.05, 0) is 29.3 Å². The van der Waals surface area contributed by atoms with Crippen LogP contribution in [0.3, 0.4) is 0 Å². The van der Waals surface area contributed by atoms with Gasteiger partial charge in [0.1, 0.15) is 0 Å². The van der Waals surface area contributed by atoms with Gasteiger partial charge in [-0.1, -0.05) is 30.7 Å². The van der Waals surface area contributed by atoms with Crippen molar-refractivity contribution >= 4 is 17.4 Å². The van der Waals surface area contributed by atoms with Gasteiger partial charge in [0.05, 0.1) is 5.69 Å². The minimum absolute atomic E-state index is 0.117. The lowest BCUT2D eigenvalue weighted by Crippen LogP contribution is -2.04. The van der Waals surface area contributed by atoms with Crippen molar-refractivity contribution in [2.24, 2.45) is 0 Å². The van der Waals surface area contributed by atoms with E-state index in [0.29, 0.717) is 11.4 Å². The third kappa shape index (κ3) is 1.73. The number of pyridine rings is 1. The molecule has 0 N–H and O–H groups in total. The van der Waals surface area contributed by atoms with Crippen molar-refractivity contribution in [2.45, 2.75) is 19.3 Å². The molecule has 3 heteroatoms. The SMILES string of the molecule is CC1c2ccc(Cl)cc2C(=O)Cc2cccnc21. The molecule has 0 spiro atoms.